The van der Waals surface area contributed by atoms with Crippen molar-refractivity contribution in [1.29, 1.82) is 0 Å². The second-order valence-electron chi connectivity index (χ2n) is 6.95. The molecule has 0 saturated carbocycles. The Balaban J connectivity index is 1.76. The van der Waals surface area contributed by atoms with Crippen molar-refractivity contribution < 1.29 is 4.79 Å². The van der Waals surface area contributed by atoms with Crippen molar-refractivity contribution in [2.75, 3.05) is 18.0 Å². The molecule has 0 N–H and O–H groups in total. The molecule has 1 aliphatic heterocycles. The van der Waals surface area contributed by atoms with E-state index in [-0.39, 0.29) is 17.9 Å². The van der Waals surface area contributed by atoms with E-state index in [0.29, 0.717) is 23.3 Å². The normalized spacial score (nSPS) is 13.9. The highest BCUT2D eigenvalue weighted by Crippen LogP contribution is 2.23. The Labute approximate surface area is 168 Å². The van der Waals surface area contributed by atoms with Crippen LogP contribution in [0.1, 0.15) is 36.7 Å². The van der Waals surface area contributed by atoms with Crippen molar-refractivity contribution in [2.45, 2.75) is 39.3 Å². The number of nitrogens with zero attached hydrogens (tertiary/aromatic N) is 6. The first-order valence-electron chi connectivity index (χ1n) is 9.74. The monoisotopic (exact) mass is 390 g/mol. The van der Waals surface area contributed by atoms with Crippen molar-refractivity contribution in [3.8, 4) is 11.8 Å². The van der Waals surface area contributed by atoms with Crippen LogP contribution in [0, 0.1) is 11.8 Å². The lowest BCUT2D eigenvalue weighted by Gasteiger charge is -2.27. The molecule has 0 atom stereocenters. The quantitative estimate of drug-likeness (QED) is 0.488. The standard InChI is InChI=1S/C21H22N6O2/c1-2-3-13-26-19-17(24-21(26)25-11-7-4-8-12-25)14-23-27(20(19)29)15-18(28)16-9-5-6-10-22-16/h5-6,9-10,14H,4,7-8,11-13,15H2,1H3. The van der Waals surface area contributed by atoms with Crippen molar-refractivity contribution in [3.63, 3.8) is 0 Å². The van der Waals surface area contributed by atoms with E-state index in [0.717, 1.165) is 31.9 Å². The van der Waals surface area contributed by atoms with E-state index < -0.39 is 0 Å². The van der Waals surface area contributed by atoms with Crippen LogP contribution < -0.4 is 10.5 Å². The highest BCUT2D eigenvalue weighted by Gasteiger charge is 2.22. The summed E-state index contributed by atoms with van der Waals surface area (Å²) in [6.45, 7) is 3.78. The summed E-state index contributed by atoms with van der Waals surface area (Å²) in [6, 6.07) is 5.10. The summed E-state index contributed by atoms with van der Waals surface area (Å²) >= 11 is 0. The Hall–Kier alpha value is -3.47. The largest absolute Gasteiger partial charge is 0.342 e. The number of hydrogen-bond acceptors (Lipinski definition) is 6. The van der Waals surface area contributed by atoms with Crippen LogP contribution in [0.4, 0.5) is 5.95 Å². The summed E-state index contributed by atoms with van der Waals surface area (Å²) < 4.78 is 3.03. The second kappa shape index (κ2) is 8.27. The first-order valence-corrected chi connectivity index (χ1v) is 9.74. The lowest BCUT2D eigenvalue weighted by atomic mass is 10.1. The smallest absolute Gasteiger partial charge is 0.293 e. The van der Waals surface area contributed by atoms with Gasteiger partial charge in [0.1, 0.15) is 23.3 Å². The zero-order valence-corrected chi connectivity index (χ0v) is 16.3. The van der Waals surface area contributed by atoms with Crippen LogP contribution in [0.3, 0.4) is 0 Å². The molecule has 4 rings (SSSR count). The number of rotatable bonds is 5. The van der Waals surface area contributed by atoms with Crippen molar-refractivity contribution in [3.05, 3.63) is 46.6 Å². The molecular weight excluding hydrogens is 368 g/mol. The minimum absolute atomic E-state index is 0.171. The number of anilines is 1. The van der Waals surface area contributed by atoms with Gasteiger partial charge in [-0.15, -0.1) is 5.92 Å². The summed E-state index contributed by atoms with van der Waals surface area (Å²) in [5.74, 6) is 6.40. The maximum absolute atomic E-state index is 13.2. The summed E-state index contributed by atoms with van der Waals surface area (Å²) in [6.07, 6.45) is 6.50. The van der Waals surface area contributed by atoms with Crippen LogP contribution in [0.15, 0.2) is 35.4 Å². The summed E-state index contributed by atoms with van der Waals surface area (Å²) in [5, 5.41) is 4.18. The number of fused-ring (bicyclic) bond motifs is 1. The fraction of sp³-hybridized carbons (Fsp3) is 0.381. The number of aromatic nitrogens is 5. The molecule has 3 aromatic rings. The minimum Gasteiger partial charge on any atom is -0.342 e. The highest BCUT2D eigenvalue weighted by molar-refractivity contribution is 5.94. The number of ketones is 1. The van der Waals surface area contributed by atoms with Gasteiger partial charge in [-0.25, -0.2) is 9.67 Å². The zero-order valence-electron chi connectivity index (χ0n) is 16.3. The molecule has 1 fully saturated rings. The van der Waals surface area contributed by atoms with E-state index in [1.807, 2.05) is 4.57 Å². The van der Waals surface area contributed by atoms with Crippen LogP contribution in [0.5, 0.6) is 0 Å². The van der Waals surface area contributed by atoms with Crippen LogP contribution in [-0.2, 0) is 13.1 Å². The molecule has 0 bridgehead atoms. The number of imidazole rings is 1. The number of carbonyl (C=O) groups excluding carboxylic acids is 1. The van der Waals surface area contributed by atoms with E-state index in [4.69, 9.17) is 0 Å². The minimum atomic E-state index is -0.347. The van der Waals surface area contributed by atoms with Gasteiger partial charge in [-0.1, -0.05) is 12.0 Å². The Kier molecular flexibility index (Phi) is 5.38. The Morgan fingerprint density at radius 1 is 1.21 bits per heavy atom. The van der Waals surface area contributed by atoms with Gasteiger partial charge < -0.3 is 4.90 Å². The van der Waals surface area contributed by atoms with Gasteiger partial charge in [0.15, 0.2) is 0 Å². The van der Waals surface area contributed by atoms with Crippen LogP contribution >= 0.6 is 0 Å². The predicted molar refractivity (Wildman–Crippen MR) is 110 cm³/mol. The molecule has 4 heterocycles. The average molecular weight is 390 g/mol. The average Bonchev–Trinajstić information content (AvgIpc) is 3.14. The zero-order chi connectivity index (χ0) is 20.2. The predicted octanol–water partition coefficient (Wildman–Crippen LogP) is 1.88. The maximum atomic E-state index is 13.2. The molecule has 148 valence electrons. The molecular formula is C21H22N6O2. The molecule has 8 nitrogen and oxygen atoms in total. The van der Waals surface area contributed by atoms with Gasteiger partial charge in [0.25, 0.3) is 5.56 Å². The van der Waals surface area contributed by atoms with Crippen molar-refractivity contribution in [2.24, 2.45) is 0 Å². The number of pyridine rings is 1. The fourth-order valence-electron chi connectivity index (χ4n) is 3.57. The Morgan fingerprint density at radius 2 is 2.03 bits per heavy atom. The molecule has 1 aliphatic rings. The molecule has 1 saturated heterocycles. The molecule has 0 spiro atoms. The van der Waals surface area contributed by atoms with Crippen LogP contribution in [0.25, 0.3) is 11.0 Å². The second-order valence-corrected chi connectivity index (χ2v) is 6.95. The van der Waals surface area contributed by atoms with Crippen LogP contribution in [-0.4, -0.2) is 43.2 Å². The third-order valence-electron chi connectivity index (χ3n) is 5.03. The molecule has 29 heavy (non-hydrogen) atoms. The molecule has 0 aliphatic carbocycles. The third kappa shape index (κ3) is 3.76. The number of Topliss-reactive ketones (excluding diaryl/α,β-unsaturated/α-hetero) is 1. The van der Waals surface area contributed by atoms with E-state index >= 15 is 0 Å². The van der Waals surface area contributed by atoms with Crippen LogP contribution in [0.2, 0.25) is 0 Å². The lowest BCUT2D eigenvalue weighted by molar-refractivity contribution is 0.0961. The Morgan fingerprint density at radius 3 is 2.76 bits per heavy atom. The lowest BCUT2D eigenvalue weighted by Crippen LogP contribution is -2.32. The van der Waals surface area contributed by atoms with E-state index in [1.54, 1.807) is 37.5 Å². The highest BCUT2D eigenvalue weighted by atomic mass is 16.1. The van der Waals surface area contributed by atoms with E-state index in [2.05, 4.69) is 31.8 Å². The van der Waals surface area contributed by atoms with Gasteiger partial charge >= 0.3 is 0 Å². The molecule has 3 aromatic heterocycles. The molecule has 0 radical (unpaired) electrons. The first kappa shape index (κ1) is 18.9. The van der Waals surface area contributed by atoms with Gasteiger partial charge in [0, 0.05) is 19.3 Å². The van der Waals surface area contributed by atoms with E-state index in [9.17, 15) is 9.59 Å². The SMILES string of the molecule is CC#CCn1c(N2CCCCC2)nc2cnn(CC(=O)c3ccccn3)c(=O)c21. The summed E-state index contributed by atoms with van der Waals surface area (Å²) in [5.41, 5.74) is 0.910. The molecule has 0 unspecified atom stereocenters. The summed E-state index contributed by atoms with van der Waals surface area (Å²) in [7, 11) is 0. The first-order chi connectivity index (χ1) is 14.2. The summed E-state index contributed by atoms with van der Waals surface area (Å²) in [4.78, 5) is 36.6. The number of hydrogen-bond donors (Lipinski definition) is 0. The fourth-order valence-corrected chi connectivity index (χ4v) is 3.57. The van der Waals surface area contributed by atoms with Gasteiger partial charge in [-0.3, -0.25) is 19.1 Å². The topological polar surface area (TPSA) is 85.9 Å². The van der Waals surface area contributed by atoms with Gasteiger partial charge in [0.05, 0.1) is 12.7 Å². The maximum Gasteiger partial charge on any atom is 0.293 e. The number of carbonyl (C=O) groups is 1. The molecule has 0 amide bonds. The van der Waals surface area contributed by atoms with Crippen molar-refractivity contribution >= 4 is 22.8 Å². The van der Waals surface area contributed by atoms with Gasteiger partial charge in [-0.2, -0.15) is 5.10 Å². The molecule has 8 heteroatoms. The Bertz CT molecular complexity index is 1150. The molecule has 0 aromatic carbocycles. The number of piperidine rings is 1. The third-order valence-corrected chi connectivity index (χ3v) is 5.03. The van der Waals surface area contributed by atoms with E-state index in [1.165, 1.54) is 11.1 Å². The van der Waals surface area contributed by atoms with Gasteiger partial charge in [0.2, 0.25) is 11.7 Å². The van der Waals surface area contributed by atoms with Crippen molar-refractivity contribution in [1.82, 2.24) is 24.3 Å². The van der Waals surface area contributed by atoms with Gasteiger partial charge in [-0.05, 0) is 38.3 Å².